The Labute approximate surface area is 232 Å². The van der Waals surface area contributed by atoms with Gasteiger partial charge in [0.1, 0.15) is 16.2 Å². The van der Waals surface area contributed by atoms with E-state index in [9.17, 15) is 13.2 Å². The fraction of sp³-hybridized carbons (Fsp3) is 0.462. The van der Waals surface area contributed by atoms with Gasteiger partial charge in [-0.2, -0.15) is 14.1 Å². The summed E-state index contributed by atoms with van der Waals surface area (Å²) in [5.74, 6) is 0.752. The van der Waals surface area contributed by atoms with E-state index in [0.717, 1.165) is 13.0 Å². The van der Waals surface area contributed by atoms with Crippen molar-refractivity contribution in [2.75, 3.05) is 39.3 Å². The molecule has 4 aromatic rings. The molecule has 13 nitrogen and oxygen atoms in total. The highest BCUT2D eigenvalue weighted by atomic mass is 32.2. The normalized spacial score (nSPS) is 15.1. The molecule has 0 unspecified atom stereocenters. The second-order valence-corrected chi connectivity index (χ2v) is 11.4. The Morgan fingerprint density at radius 2 is 1.73 bits per heavy atom. The molecule has 40 heavy (non-hydrogen) atoms. The minimum atomic E-state index is -3.83. The Morgan fingerprint density at radius 3 is 2.38 bits per heavy atom. The number of fused-ring (bicyclic) bond motifs is 1. The van der Waals surface area contributed by atoms with Gasteiger partial charge in [0.15, 0.2) is 5.52 Å². The molecule has 5 rings (SSSR count). The van der Waals surface area contributed by atoms with Crippen LogP contribution in [0, 0.1) is 0 Å². The van der Waals surface area contributed by atoms with E-state index in [4.69, 9.17) is 9.72 Å². The van der Waals surface area contributed by atoms with Gasteiger partial charge in [0.25, 0.3) is 11.5 Å². The van der Waals surface area contributed by atoms with Crippen LogP contribution in [-0.2, 0) is 23.5 Å². The van der Waals surface area contributed by atoms with Crippen LogP contribution in [0.1, 0.15) is 32.9 Å². The van der Waals surface area contributed by atoms with E-state index in [-0.39, 0.29) is 22.1 Å². The van der Waals surface area contributed by atoms with Crippen molar-refractivity contribution in [1.29, 1.82) is 0 Å². The van der Waals surface area contributed by atoms with Crippen LogP contribution in [0.2, 0.25) is 0 Å². The van der Waals surface area contributed by atoms with E-state index >= 15 is 0 Å². The van der Waals surface area contributed by atoms with Crippen molar-refractivity contribution in [3.8, 4) is 23.2 Å². The third-order valence-corrected chi connectivity index (χ3v) is 8.85. The van der Waals surface area contributed by atoms with Gasteiger partial charge in [-0.15, -0.1) is 0 Å². The molecule has 0 amide bonds. The molecule has 0 saturated carbocycles. The first-order valence-corrected chi connectivity index (χ1v) is 14.9. The first kappa shape index (κ1) is 27.8. The molecule has 1 aliphatic heterocycles. The standard InChI is InChI=1S/C26H33N9O4S/c1-5-9-20-21-22(31-35(20)26-27-10-8-11-28-26)25(36)32(4)23(30-21)19-16-18(17-29-24(19)39-7-3)40(37,38)34-14-12-33(6-2)13-15-34/h8,10-11,16-17H,5-7,9,12-15H2,1-4H3. The summed E-state index contributed by atoms with van der Waals surface area (Å²) in [5.41, 5.74) is 1.18. The molecule has 1 fully saturated rings. The van der Waals surface area contributed by atoms with E-state index in [1.54, 1.807) is 30.2 Å². The molecule has 0 bridgehead atoms. The number of hydrogen-bond acceptors (Lipinski definition) is 10. The molecule has 14 heteroatoms. The second kappa shape index (κ2) is 11.4. The topological polar surface area (TPSA) is 141 Å². The SMILES string of the molecule is CCCc1c2nc(-c3cc(S(=O)(=O)N4CCN(CC)CC4)cnc3OCC)n(C)c(=O)c2nn1-c1ncccn1. The predicted octanol–water partition coefficient (Wildman–Crippen LogP) is 1.65. The highest BCUT2D eigenvalue weighted by Crippen LogP contribution is 2.31. The summed E-state index contributed by atoms with van der Waals surface area (Å²) < 4.78 is 37.4. The minimum absolute atomic E-state index is 0.0207. The van der Waals surface area contributed by atoms with Crippen LogP contribution in [0.4, 0.5) is 0 Å². The monoisotopic (exact) mass is 567 g/mol. The smallest absolute Gasteiger partial charge is 0.281 e. The molecule has 4 aromatic heterocycles. The number of pyridine rings is 1. The molecule has 1 aliphatic rings. The minimum Gasteiger partial charge on any atom is -0.477 e. The molecular weight excluding hydrogens is 534 g/mol. The summed E-state index contributed by atoms with van der Waals surface area (Å²) in [5, 5.41) is 4.53. The number of rotatable bonds is 9. The van der Waals surface area contributed by atoms with Crippen LogP contribution in [0.5, 0.6) is 5.88 Å². The van der Waals surface area contributed by atoms with E-state index in [1.165, 1.54) is 21.1 Å². The number of nitrogens with zero attached hydrogens (tertiary/aromatic N) is 9. The number of aromatic nitrogens is 7. The lowest BCUT2D eigenvalue weighted by molar-refractivity contribution is 0.196. The average Bonchev–Trinajstić information content (AvgIpc) is 3.34. The van der Waals surface area contributed by atoms with Gasteiger partial charge in [0.2, 0.25) is 15.9 Å². The Morgan fingerprint density at radius 1 is 1.00 bits per heavy atom. The quantitative estimate of drug-likeness (QED) is 0.293. The maximum atomic E-state index is 13.6. The maximum Gasteiger partial charge on any atom is 0.281 e. The Bertz CT molecular complexity index is 1680. The van der Waals surface area contributed by atoms with Crippen LogP contribution < -0.4 is 10.3 Å². The van der Waals surface area contributed by atoms with Crippen LogP contribution in [-0.4, -0.2) is 91.2 Å². The van der Waals surface area contributed by atoms with Crippen molar-refractivity contribution in [2.45, 2.75) is 38.5 Å². The fourth-order valence-electron chi connectivity index (χ4n) is 4.83. The van der Waals surface area contributed by atoms with Crippen molar-refractivity contribution >= 4 is 21.1 Å². The molecule has 0 atom stereocenters. The molecule has 0 aliphatic carbocycles. The van der Waals surface area contributed by atoms with Gasteiger partial charge in [-0.3, -0.25) is 9.36 Å². The lowest BCUT2D eigenvalue weighted by Gasteiger charge is -2.33. The first-order valence-electron chi connectivity index (χ1n) is 13.4. The van der Waals surface area contributed by atoms with Gasteiger partial charge in [-0.1, -0.05) is 20.3 Å². The van der Waals surface area contributed by atoms with Crippen LogP contribution in [0.15, 0.2) is 40.4 Å². The fourth-order valence-corrected chi connectivity index (χ4v) is 6.23. The Balaban J connectivity index is 1.68. The van der Waals surface area contributed by atoms with E-state index in [1.807, 2.05) is 13.8 Å². The van der Waals surface area contributed by atoms with E-state index in [0.29, 0.717) is 61.9 Å². The summed E-state index contributed by atoms with van der Waals surface area (Å²) in [6.07, 6.45) is 5.86. The van der Waals surface area contributed by atoms with Crippen molar-refractivity contribution < 1.29 is 13.2 Å². The zero-order valence-electron chi connectivity index (χ0n) is 23.1. The summed E-state index contributed by atoms with van der Waals surface area (Å²) in [6, 6.07) is 3.20. The molecule has 0 N–H and O–H groups in total. The van der Waals surface area contributed by atoms with Gasteiger partial charge in [-0.05, 0) is 32.0 Å². The van der Waals surface area contributed by atoms with Crippen molar-refractivity contribution in [3.05, 3.63) is 46.8 Å². The maximum absolute atomic E-state index is 13.6. The largest absolute Gasteiger partial charge is 0.477 e. The number of hydrogen-bond donors (Lipinski definition) is 0. The number of ether oxygens (including phenoxy) is 1. The van der Waals surface area contributed by atoms with Gasteiger partial charge in [0.05, 0.1) is 24.1 Å². The predicted molar refractivity (Wildman–Crippen MR) is 149 cm³/mol. The summed E-state index contributed by atoms with van der Waals surface area (Å²) in [4.78, 5) is 33.6. The van der Waals surface area contributed by atoms with Crippen LogP contribution in [0.3, 0.4) is 0 Å². The average molecular weight is 568 g/mol. The number of likely N-dealkylation sites (N-methyl/N-ethyl adjacent to an activating group) is 1. The third-order valence-electron chi connectivity index (χ3n) is 6.99. The van der Waals surface area contributed by atoms with Crippen LogP contribution >= 0.6 is 0 Å². The van der Waals surface area contributed by atoms with Gasteiger partial charge in [0, 0.05) is 45.6 Å². The third kappa shape index (κ3) is 4.97. The Hall–Kier alpha value is -3.75. The zero-order valence-corrected chi connectivity index (χ0v) is 23.9. The lowest BCUT2D eigenvalue weighted by atomic mass is 10.2. The molecular formula is C26H33N9O4S. The molecule has 0 radical (unpaired) electrons. The number of piperazine rings is 1. The van der Waals surface area contributed by atoms with Crippen molar-refractivity contribution in [3.63, 3.8) is 0 Å². The molecule has 5 heterocycles. The highest BCUT2D eigenvalue weighted by molar-refractivity contribution is 7.89. The van der Waals surface area contributed by atoms with Crippen molar-refractivity contribution in [2.24, 2.45) is 7.05 Å². The molecule has 0 aromatic carbocycles. The second-order valence-electron chi connectivity index (χ2n) is 9.45. The number of aryl methyl sites for hydroxylation is 1. The number of sulfonamides is 1. The zero-order chi connectivity index (χ0) is 28.4. The summed E-state index contributed by atoms with van der Waals surface area (Å²) >= 11 is 0. The van der Waals surface area contributed by atoms with E-state index in [2.05, 4.69) is 31.9 Å². The highest BCUT2D eigenvalue weighted by Gasteiger charge is 2.30. The molecule has 212 valence electrons. The summed E-state index contributed by atoms with van der Waals surface area (Å²) in [7, 11) is -2.26. The summed E-state index contributed by atoms with van der Waals surface area (Å²) in [6.45, 7) is 9.16. The van der Waals surface area contributed by atoms with Gasteiger partial charge < -0.3 is 9.64 Å². The Kier molecular flexibility index (Phi) is 7.92. The first-order chi connectivity index (χ1) is 19.3. The lowest BCUT2D eigenvalue weighted by Crippen LogP contribution is -2.48. The van der Waals surface area contributed by atoms with Crippen LogP contribution in [0.25, 0.3) is 28.4 Å². The van der Waals surface area contributed by atoms with E-state index < -0.39 is 15.6 Å². The molecule has 1 saturated heterocycles. The molecule has 0 spiro atoms. The van der Waals surface area contributed by atoms with Gasteiger partial charge in [-0.25, -0.2) is 28.4 Å². The van der Waals surface area contributed by atoms with Crippen molar-refractivity contribution in [1.82, 2.24) is 43.5 Å². The van der Waals surface area contributed by atoms with Gasteiger partial charge >= 0.3 is 0 Å².